The van der Waals surface area contributed by atoms with E-state index >= 15 is 0 Å². The Morgan fingerprint density at radius 1 is 1.06 bits per heavy atom. The number of carbonyl (C=O) groups is 1. The number of aromatic nitrogens is 1. The molecular formula is C29H23NO4. The monoisotopic (exact) mass is 449 g/mol. The molecule has 0 unspecified atom stereocenters. The molecule has 2 aromatic heterocycles. The van der Waals surface area contributed by atoms with Gasteiger partial charge in [0.15, 0.2) is 5.76 Å². The van der Waals surface area contributed by atoms with Crippen molar-refractivity contribution in [2.24, 2.45) is 0 Å². The summed E-state index contributed by atoms with van der Waals surface area (Å²) in [6, 6.07) is 21.4. The number of fused-ring (bicyclic) bond motifs is 3. The van der Waals surface area contributed by atoms with E-state index in [2.05, 4.69) is 12.1 Å². The van der Waals surface area contributed by atoms with Gasteiger partial charge >= 0.3 is 5.97 Å². The van der Waals surface area contributed by atoms with E-state index in [1.165, 1.54) is 5.56 Å². The Bertz CT molecular complexity index is 1600. The summed E-state index contributed by atoms with van der Waals surface area (Å²) in [5.74, 6) is 0.103. The van der Waals surface area contributed by atoms with Gasteiger partial charge in [0.2, 0.25) is 0 Å². The second-order valence-corrected chi connectivity index (χ2v) is 8.86. The quantitative estimate of drug-likeness (QED) is 0.319. The van der Waals surface area contributed by atoms with E-state index < -0.39 is 5.97 Å². The molecule has 0 amide bonds. The normalized spacial score (nSPS) is 15.1. The molecule has 3 aromatic carbocycles. The number of para-hydroxylation sites is 1. The molecular weight excluding hydrogens is 426 g/mol. The molecule has 1 aliphatic rings. The molecule has 2 heterocycles. The van der Waals surface area contributed by atoms with Crippen LogP contribution in [0.3, 0.4) is 0 Å². The lowest BCUT2D eigenvalue weighted by atomic mass is 10.0. The van der Waals surface area contributed by atoms with Crippen LogP contribution in [0.4, 0.5) is 0 Å². The summed E-state index contributed by atoms with van der Waals surface area (Å²) in [4.78, 5) is 17.3. The third kappa shape index (κ3) is 3.16. The zero-order chi connectivity index (χ0) is 23.4. The van der Waals surface area contributed by atoms with Gasteiger partial charge in [-0.3, -0.25) is 0 Å². The third-order valence-corrected chi connectivity index (χ3v) is 6.78. The molecule has 0 fully saturated rings. The van der Waals surface area contributed by atoms with Gasteiger partial charge in [0.05, 0.1) is 16.5 Å². The molecule has 0 saturated carbocycles. The first-order valence-corrected chi connectivity index (χ1v) is 11.4. The fourth-order valence-corrected chi connectivity index (χ4v) is 5.04. The first kappa shape index (κ1) is 20.5. The number of aryl methyl sites for hydroxylation is 3. The summed E-state index contributed by atoms with van der Waals surface area (Å²) in [5, 5.41) is 11.7. The Hall–Kier alpha value is -4.12. The van der Waals surface area contributed by atoms with E-state index in [1.54, 1.807) is 6.07 Å². The average molecular weight is 450 g/mol. The summed E-state index contributed by atoms with van der Waals surface area (Å²) >= 11 is 0. The predicted molar refractivity (Wildman–Crippen MR) is 132 cm³/mol. The van der Waals surface area contributed by atoms with Gasteiger partial charge in [-0.15, -0.1) is 0 Å². The minimum absolute atomic E-state index is 0.110. The van der Waals surface area contributed by atoms with E-state index in [4.69, 9.17) is 14.1 Å². The van der Waals surface area contributed by atoms with Crippen molar-refractivity contribution < 1.29 is 19.1 Å². The fraction of sp³-hybridized carbons (Fsp3) is 0.172. The maximum atomic E-state index is 12.4. The highest BCUT2D eigenvalue weighted by Gasteiger charge is 2.26. The number of hydrogen-bond donors (Lipinski definition) is 1. The van der Waals surface area contributed by atoms with Gasteiger partial charge in [0, 0.05) is 10.9 Å². The molecule has 0 aliphatic heterocycles. The lowest BCUT2D eigenvalue weighted by Gasteiger charge is -2.18. The molecule has 0 saturated heterocycles. The topological polar surface area (TPSA) is 72.6 Å². The van der Waals surface area contributed by atoms with E-state index in [-0.39, 0.29) is 11.7 Å². The third-order valence-electron chi connectivity index (χ3n) is 6.78. The van der Waals surface area contributed by atoms with Gasteiger partial charge in [-0.2, -0.15) is 0 Å². The Kier molecular flexibility index (Phi) is 4.66. The number of nitrogens with zero attached hydrogens (tertiary/aromatic N) is 1. The fourth-order valence-electron chi connectivity index (χ4n) is 5.04. The molecule has 1 aliphatic carbocycles. The zero-order valence-electron chi connectivity index (χ0n) is 19.0. The molecule has 1 N–H and O–H groups in total. The molecule has 5 heteroatoms. The highest BCUT2D eigenvalue weighted by molar-refractivity contribution is 6.07. The summed E-state index contributed by atoms with van der Waals surface area (Å²) in [6.07, 6.45) is 1.70. The van der Waals surface area contributed by atoms with Crippen LogP contribution in [0.1, 0.15) is 45.1 Å². The van der Waals surface area contributed by atoms with Crippen LogP contribution in [0.15, 0.2) is 71.1 Å². The van der Waals surface area contributed by atoms with Crippen LogP contribution in [0.25, 0.3) is 33.3 Å². The van der Waals surface area contributed by atoms with Crippen LogP contribution in [0.2, 0.25) is 0 Å². The van der Waals surface area contributed by atoms with Crippen molar-refractivity contribution in [1.82, 2.24) is 4.98 Å². The van der Waals surface area contributed by atoms with Crippen molar-refractivity contribution in [2.75, 3.05) is 0 Å². The Morgan fingerprint density at radius 3 is 2.68 bits per heavy atom. The van der Waals surface area contributed by atoms with Gasteiger partial charge in [0.25, 0.3) is 0 Å². The molecule has 168 valence electrons. The number of aromatic carboxylic acids is 1. The van der Waals surface area contributed by atoms with Crippen LogP contribution in [-0.2, 0) is 6.42 Å². The summed E-state index contributed by atoms with van der Waals surface area (Å²) in [7, 11) is 0. The average Bonchev–Trinajstić information content (AvgIpc) is 3.41. The van der Waals surface area contributed by atoms with E-state index in [0.717, 1.165) is 40.5 Å². The minimum Gasteiger partial charge on any atom is -0.485 e. The highest BCUT2D eigenvalue weighted by atomic mass is 16.5. The van der Waals surface area contributed by atoms with Crippen LogP contribution in [0.5, 0.6) is 5.75 Å². The lowest BCUT2D eigenvalue weighted by Crippen LogP contribution is -2.07. The van der Waals surface area contributed by atoms with Gasteiger partial charge in [-0.05, 0) is 61.6 Å². The molecule has 5 aromatic rings. The van der Waals surface area contributed by atoms with Crippen LogP contribution in [-0.4, -0.2) is 16.1 Å². The maximum absolute atomic E-state index is 12.4. The number of benzene rings is 3. The van der Waals surface area contributed by atoms with Crippen LogP contribution >= 0.6 is 0 Å². The molecule has 5 nitrogen and oxygen atoms in total. The van der Waals surface area contributed by atoms with Crippen molar-refractivity contribution in [2.45, 2.75) is 32.8 Å². The Labute approximate surface area is 196 Å². The first-order valence-electron chi connectivity index (χ1n) is 11.4. The van der Waals surface area contributed by atoms with E-state index in [9.17, 15) is 9.90 Å². The van der Waals surface area contributed by atoms with Crippen molar-refractivity contribution >= 4 is 27.8 Å². The Balaban J connectivity index is 1.53. The summed E-state index contributed by atoms with van der Waals surface area (Å²) in [5.41, 5.74) is 6.29. The number of ether oxygens (including phenoxy) is 1. The van der Waals surface area contributed by atoms with Gasteiger partial charge in [-0.25, -0.2) is 9.78 Å². The molecule has 6 rings (SSSR count). The predicted octanol–water partition coefficient (Wildman–Crippen LogP) is 7.03. The summed E-state index contributed by atoms with van der Waals surface area (Å²) in [6.45, 7) is 3.91. The SMILES string of the molecule is Cc1c(-c2cc(C(=O)O)c3c(O[C@H]4CCc5ccccc54)ccc(C)c3n2)oc2ccccc12. The molecule has 0 spiro atoms. The zero-order valence-corrected chi connectivity index (χ0v) is 19.0. The van der Waals surface area contributed by atoms with Crippen LogP contribution < -0.4 is 4.74 Å². The van der Waals surface area contributed by atoms with Crippen molar-refractivity contribution in [1.29, 1.82) is 0 Å². The van der Waals surface area contributed by atoms with Crippen molar-refractivity contribution in [3.8, 4) is 17.2 Å². The number of pyridine rings is 1. The van der Waals surface area contributed by atoms with Crippen LogP contribution in [0, 0.1) is 13.8 Å². The van der Waals surface area contributed by atoms with Gasteiger partial charge in [0.1, 0.15) is 23.1 Å². The standard InChI is InChI=1S/C29H23NO4/c1-16-11-13-25(33-24-14-12-18-7-3-4-9-20(18)24)26-21(29(31)32)15-22(30-27(16)26)28-17(2)19-8-5-6-10-23(19)34-28/h3-11,13,15,24H,12,14H2,1-2H3,(H,31,32)/t24-/m0/s1. The smallest absolute Gasteiger partial charge is 0.336 e. The number of rotatable bonds is 4. The largest absolute Gasteiger partial charge is 0.485 e. The lowest BCUT2D eigenvalue weighted by molar-refractivity contribution is 0.0698. The second kappa shape index (κ2) is 7.73. The number of carboxylic acid groups (broad SMARTS) is 1. The van der Waals surface area contributed by atoms with E-state index in [1.807, 2.05) is 62.4 Å². The molecule has 0 radical (unpaired) electrons. The van der Waals surface area contributed by atoms with Gasteiger partial charge < -0.3 is 14.3 Å². The number of hydrogen-bond acceptors (Lipinski definition) is 4. The summed E-state index contributed by atoms with van der Waals surface area (Å²) < 4.78 is 12.6. The highest BCUT2D eigenvalue weighted by Crippen LogP contribution is 2.40. The second-order valence-electron chi connectivity index (χ2n) is 8.86. The van der Waals surface area contributed by atoms with Crippen molar-refractivity contribution in [3.63, 3.8) is 0 Å². The molecule has 1 atom stereocenters. The van der Waals surface area contributed by atoms with Gasteiger partial charge in [-0.1, -0.05) is 48.5 Å². The minimum atomic E-state index is -1.02. The number of furan rings is 1. The maximum Gasteiger partial charge on any atom is 0.336 e. The first-order chi connectivity index (χ1) is 16.5. The molecule has 0 bridgehead atoms. The van der Waals surface area contributed by atoms with Crippen molar-refractivity contribution in [3.05, 3.63) is 94.5 Å². The van der Waals surface area contributed by atoms with E-state index in [0.29, 0.717) is 28.1 Å². The molecule has 34 heavy (non-hydrogen) atoms. The number of carboxylic acids is 1. The Morgan fingerprint density at radius 2 is 1.85 bits per heavy atom.